The Hall–Kier alpha value is -1.06. The fourth-order valence-electron chi connectivity index (χ4n) is 2.72. The van der Waals surface area contributed by atoms with E-state index in [2.05, 4.69) is 56.1 Å². The van der Waals surface area contributed by atoms with Gasteiger partial charge in [-0.15, -0.1) is 0 Å². The Balaban J connectivity index is 2.14. The number of benzene rings is 1. The second-order valence-electron chi connectivity index (χ2n) is 6.27. The molecular weight excluding hydrogens is 248 g/mol. The van der Waals surface area contributed by atoms with Crippen LogP contribution in [0.3, 0.4) is 0 Å². The van der Waals surface area contributed by atoms with Crippen molar-refractivity contribution in [1.82, 2.24) is 5.32 Å². The third-order valence-corrected chi connectivity index (χ3v) is 3.78. The van der Waals surface area contributed by atoms with Crippen molar-refractivity contribution in [2.75, 3.05) is 31.2 Å². The highest BCUT2D eigenvalue weighted by molar-refractivity contribution is 5.56. The molecule has 2 rings (SSSR count). The third-order valence-electron chi connectivity index (χ3n) is 3.78. The molecule has 1 unspecified atom stereocenters. The zero-order valence-corrected chi connectivity index (χ0v) is 13.3. The summed E-state index contributed by atoms with van der Waals surface area (Å²) in [5.41, 5.74) is 4.10. The lowest BCUT2D eigenvalue weighted by molar-refractivity contribution is 0.0988. The molecule has 1 aromatic rings. The number of hydrogen-bond donors (Lipinski definition) is 1. The quantitative estimate of drug-likeness (QED) is 0.895. The van der Waals surface area contributed by atoms with Gasteiger partial charge in [-0.2, -0.15) is 0 Å². The fourth-order valence-corrected chi connectivity index (χ4v) is 2.72. The molecule has 0 spiro atoms. The Labute approximate surface area is 123 Å². The van der Waals surface area contributed by atoms with Crippen LogP contribution in [-0.4, -0.2) is 32.3 Å². The standard InChI is InChI=1S/C17H28N2O/c1-13(2)10-18-11-16-9-14(3)5-6-17(16)19-7-8-20-12-15(19)4/h5-6,9,13,15,18H,7-8,10-12H2,1-4H3. The van der Waals surface area contributed by atoms with E-state index in [1.54, 1.807) is 0 Å². The van der Waals surface area contributed by atoms with Crippen LogP contribution in [0.4, 0.5) is 5.69 Å². The summed E-state index contributed by atoms with van der Waals surface area (Å²) in [6.07, 6.45) is 0. The van der Waals surface area contributed by atoms with Gasteiger partial charge in [0.2, 0.25) is 0 Å². The first-order chi connectivity index (χ1) is 9.58. The SMILES string of the molecule is Cc1ccc(N2CCOCC2C)c(CNCC(C)C)c1. The largest absolute Gasteiger partial charge is 0.377 e. The molecule has 0 aromatic heterocycles. The molecule has 0 saturated carbocycles. The lowest BCUT2D eigenvalue weighted by atomic mass is 10.1. The number of ether oxygens (including phenoxy) is 1. The van der Waals surface area contributed by atoms with Crippen LogP contribution in [0.1, 0.15) is 31.9 Å². The van der Waals surface area contributed by atoms with E-state index in [1.807, 2.05) is 0 Å². The molecule has 0 bridgehead atoms. The van der Waals surface area contributed by atoms with Crippen molar-refractivity contribution in [3.8, 4) is 0 Å². The monoisotopic (exact) mass is 276 g/mol. The lowest BCUT2D eigenvalue weighted by Gasteiger charge is -2.36. The van der Waals surface area contributed by atoms with Crippen molar-refractivity contribution in [1.29, 1.82) is 0 Å². The lowest BCUT2D eigenvalue weighted by Crippen LogP contribution is -2.44. The number of morpholine rings is 1. The highest BCUT2D eigenvalue weighted by atomic mass is 16.5. The number of anilines is 1. The summed E-state index contributed by atoms with van der Waals surface area (Å²) in [5, 5.41) is 3.56. The first-order valence-electron chi connectivity index (χ1n) is 7.72. The van der Waals surface area contributed by atoms with E-state index >= 15 is 0 Å². The minimum atomic E-state index is 0.454. The molecule has 1 fully saturated rings. The van der Waals surface area contributed by atoms with Crippen molar-refractivity contribution < 1.29 is 4.74 Å². The minimum absolute atomic E-state index is 0.454. The zero-order valence-electron chi connectivity index (χ0n) is 13.3. The fraction of sp³-hybridized carbons (Fsp3) is 0.647. The Bertz CT molecular complexity index is 431. The number of hydrogen-bond acceptors (Lipinski definition) is 3. The van der Waals surface area contributed by atoms with Crippen molar-refractivity contribution in [2.45, 2.75) is 40.3 Å². The van der Waals surface area contributed by atoms with Crippen molar-refractivity contribution >= 4 is 5.69 Å². The first-order valence-corrected chi connectivity index (χ1v) is 7.72. The van der Waals surface area contributed by atoms with Crippen LogP contribution in [0.2, 0.25) is 0 Å². The van der Waals surface area contributed by atoms with E-state index in [4.69, 9.17) is 4.74 Å². The average molecular weight is 276 g/mol. The predicted octanol–water partition coefficient (Wildman–Crippen LogP) is 2.97. The number of nitrogens with zero attached hydrogens (tertiary/aromatic N) is 1. The van der Waals surface area contributed by atoms with Crippen molar-refractivity contribution in [2.24, 2.45) is 5.92 Å². The zero-order chi connectivity index (χ0) is 14.5. The number of rotatable bonds is 5. The smallest absolute Gasteiger partial charge is 0.0668 e. The maximum atomic E-state index is 5.55. The van der Waals surface area contributed by atoms with Gasteiger partial charge >= 0.3 is 0 Å². The predicted molar refractivity (Wildman–Crippen MR) is 85.4 cm³/mol. The van der Waals surface area contributed by atoms with Gasteiger partial charge in [-0.05, 0) is 37.9 Å². The van der Waals surface area contributed by atoms with E-state index in [1.165, 1.54) is 16.8 Å². The Morgan fingerprint density at radius 1 is 1.40 bits per heavy atom. The molecule has 3 heteroatoms. The molecule has 0 radical (unpaired) electrons. The van der Waals surface area contributed by atoms with Crippen molar-refractivity contribution in [3.05, 3.63) is 29.3 Å². The molecule has 112 valence electrons. The Kier molecular flexibility index (Phi) is 5.44. The molecule has 1 aliphatic heterocycles. The van der Waals surface area contributed by atoms with Gasteiger partial charge in [-0.3, -0.25) is 0 Å². The molecule has 1 aromatic carbocycles. The Morgan fingerprint density at radius 3 is 2.90 bits per heavy atom. The topological polar surface area (TPSA) is 24.5 Å². The van der Waals surface area contributed by atoms with E-state index < -0.39 is 0 Å². The summed E-state index contributed by atoms with van der Waals surface area (Å²) in [4.78, 5) is 2.48. The number of aryl methyl sites for hydroxylation is 1. The van der Waals surface area contributed by atoms with E-state index in [0.29, 0.717) is 12.0 Å². The minimum Gasteiger partial charge on any atom is -0.377 e. The van der Waals surface area contributed by atoms with E-state index in [0.717, 1.165) is 32.8 Å². The van der Waals surface area contributed by atoms with E-state index in [-0.39, 0.29) is 0 Å². The summed E-state index contributed by atoms with van der Waals surface area (Å²) in [6, 6.07) is 7.24. The first kappa shape index (κ1) is 15.3. The average Bonchev–Trinajstić information content (AvgIpc) is 2.40. The van der Waals surface area contributed by atoms with Crippen LogP contribution in [-0.2, 0) is 11.3 Å². The molecule has 0 amide bonds. The molecule has 20 heavy (non-hydrogen) atoms. The molecule has 1 heterocycles. The van der Waals surface area contributed by atoms with Crippen LogP contribution in [0.5, 0.6) is 0 Å². The number of nitrogens with one attached hydrogen (secondary N) is 1. The highest BCUT2D eigenvalue weighted by Crippen LogP contribution is 2.25. The summed E-state index contributed by atoms with van der Waals surface area (Å²) in [7, 11) is 0. The maximum Gasteiger partial charge on any atom is 0.0668 e. The normalized spacial score (nSPS) is 19.6. The molecule has 1 aliphatic rings. The van der Waals surface area contributed by atoms with Gasteiger partial charge in [0.1, 0.15) is 0 Å². The Morgan fingerprint density at radius 2 is 2.20 bits per heavy atom. The van der Waals surface area contributed by atoms with Gasteiger partial charge < -0.3 is 15.0 Å². The van der Waals surface area contributed by atoms with Gasteiger partial charge in [-0.25, -0.2) is 0 Å². The molecule has 1 atom stereocenters. The van der Waals surface area contributed by atoms with Gasteiger partial charge in [0, 0.05) is 24.8 Å². The van der Waals surface area contributed by atoms with Crippen LogP contribution < -0.4 is 10.2 Å². The summed E-state index contributed by atoms with van der Waals surface area (Å²) < 4.78 is 5.55. The van der Waals surface area contributed by atoms with Gasteiger partial charge in [-0.1, -0.05) is 31.5 Å². The van der Waals surface area contributed by atoms with Crippen LogP contribution in [0.15, 0.2) is 18.2 Å². The van der Waals surface area contributed by atoms with Gasteiger partial charge in [0.15, 0.2) is 0 Å². The van der Waals surface area contributed by atoms with E-state index in [9.17, 15) is 0 Å². The molecule has 0 aliphatic carbocycles. The van der Waals surface area contributed by atoms with Crippen LogP contribution in [0, 0.1) is 12.8 Å². The highest BCUT2D eigenvalue weighted by Gasteiger charge is 2.21. The van der Waals surface area contributed by atoms with Crippen molar-refractivity contribution in [3.63, 3.8) is 0 Å². The molecular formula is C17H28N2O. The summed E-state index contributed by atoms with van der Waals surface area (Å²) in [5.74, 6) is 0.686. The second-order valence-corrected chi connectivity index (χ2v) is 6.27. The molecule has 1 saturated heterocycles. The summed E-state index contributed by atoms with van der Waals surface area (Å²) >= 11 is 0. The molecule has 3 nitrogen and oxygen atoms in total. The van der Waals surface area contributed by atoms with Crippen LogP contribution in [0.25, 0.3) is 0 Å². The molecule has 1 N–H and O–H groups in total. The van der Waals surface area contributed by atoms with Gasteiger partial charge in [0.25, 0.3) is 0 Å². The second kappa shape index (κ2) is 7.09. The maximum absolute atomic E-state index is 5.55. The van der Waals surface area contributed by atoms with Gasteiger partial charge in [0.05, 0.1) is 13.2 Å². The van der Waals surface area contributed by atoms with Crippen LogP contribution >= 0.6 is 0 Å². The third kappa shape index (κ3) is 3.97. The summed E-state index contributed by atoms with van der Waals surface area (Å²) in [6.45, 7) is 13.5.